The molecule has 0 spiro atoms. The SMILES string of the molecule is CCC(=O)Nc1ccc(C(=O)OCC(=O)N2CCN(c3ccc(N4CC(CC)OC4=O)cc3F)CC2)cc1. The van der Waals surface area contributed by atoms with E-state index in [2.05, 4.69) is 5.32 Å². The number of benzene rings is 2. The number of anilines is 3. The van der Waals surface area contributed by atoms with Crippen molar-refractivity contribution < 1.29 is 33.0 Å². The quantitative estimate of drug-likeness (QED) is 0.525. The molecule has 2 heterocycles. The summed E-state index contributed by atoms with van der Waals surface area (Å²) in [5.74, 6) is -1.56. The van der Waals surface area contributed by atoms with Crippen LogP contribution in [0, 0.1) is 5.82 Å². The van der Waals surface area contributed by atoms with E-state index in [1.54, 1.807) is 36.1 Å². The van der Waals surface area contributed by atoms with Crippen LogP contribution in [0.15, 0.2) is 42.5 Å². The molecule has 0 saturated carbocycles. The van der Waals surface area contributed by atoms with Crippen LogP contribution in [0.4, 0.5) is 26.2 Å². The number of esters is 1. The lowest BCUT2D eigenvalue weighted by Gasteiger charge is -2.36. The van der Waals surface area contributed by atoms with E-state index >= 15 is 0 Å². The van der Waals surface area contributed by atoms with E-state index in [-0.39, 0.29) is 23.5 Å². The van der Waals surface area contributed by atoms with Crippen LogP contribution in [0.1, 0.15) is 37.0 Å². The first-order valence-corrected chi connectivity index (χ1v) is 12.7. The fourth-order valence-electron chi connectivity index (χ4n) is 4.30. The van der Waals surface area contributed by atoms with Gasteiger partial charge in [-0.15, -0.1) is 0 Å². The average Bonchev–Trinajstić information content (AvgIpc) is 3.32. The molecule has 2 aliphatic heterocycles. The van der Waals surface area contributed by atoms with Crippen LogP contribution in [0.2, 0.25) is 0 Å². The van der Waals surface area contributed by atoms with Crippen LogP contribution in [0.25, 0.3) is 0 Å². The summed E-state index contributed by atoms with van der Waals surface area (Å²) >= 11 is 0. The van der Waals surface area contributed by atoms with Gasteiger partial charge in [0.15, 0.2) is 6.61 Å². The molecule has 2 aromatic rings. The Morgan fingerprint density at radius 3 is 2.37 bits per heavy atom. The highest BCUT2D eigenvalue weighted by Gasteiger charge is 2.32. The summed E-state index contributed by atoms with van der Waals surface area (Å²) < 4.78 is 25.4. The van der Waals surface area contributed by atoms with Gasteiger partial charge in [-0.05, 0) is 48.9 Å². The van der Waals surface area contributed by atoms with E-state index in [1.807, 2.05) is 11.8 Å². The molecule has 3 amide bonds. The molecule has 2 aliphatic rings. The Kier molecular flexibility index (Phi) is 8.45. The number of carbonyl (C=O) groups is 4. The van der Waals surface area contributed by atoms with Gasteiger partial charge in [0.25, 0.3) is 5.91 Å². The lowest BCUT2D eigenvalue weighted by Crippen LogP contribution is -2.50. The third-order valence-corrected chi connectivity index (χ3v) is 6.60. The van der Waals surface area contributed by atoms with Gasteiger partial charge in [0.2, 0.25) is 5.91 Å². The topological polar surface area (TPSA) is 108 Å². The summed E-state index contributed by atoms with van der Waals surface area (Å²) in [6.45, 7) is 5.16. The standard InChI is InChI=1S/C27H31FN4O6/c1-3-21-16-32(27(36)38-21)20-9-10-23(22(28)15-20)30-11-13-31(14-12-30)25(34)17-37-26(35)18-5-7-19(8-6-18)29-24(33)4-2/h5-10,15,21H,3-4,11-14,16-17H2,1-2H3,(H,29,33). The van der Waals surface area contributed by atoms with Crippen LogP contribution >= 0.6 is 0 Å². The Bertz CT molecular complexity index is 1200. The molecule has 0 bridgehead atoms. The molecule has 2 saturated heterocycles. The molecule has 10 nitrogen and oxygen atoms in total. The third kappa shape index (κ3) is 6.21. The number of ether oxygens (including phenoxy) is 2. The fourth-order valence-corrected chi connectivity index (χ4v) is 4.30. The van der Waals surface area contributed by atoms with Crippen LogP contribution in [-0.4, -0.2) is 74.2 Å². The number of hydrogen-bond donors (Lipinski definition) is 1. The number of nitrogens with zero attached hydrogens (tertiary/aromatic N) is 3. The van der Waals surface area contributed by atoms with Crippen molar-refractivity contribution in [2.75, 3.05) is 54.4 Å². The van der Waals surface area contributed by atoms with Gasteiger partial charge in [-0.1, -0.05) is 13.8 Å². The Hall–Kier alpha value is -4.15. The average molecular weight is 527 g/mol. The molecule has 2 aromatic carbocycles. The van der Waals surface area contributed by atoms with Crippen molar-refractivity contribution in [3.63, 3.8) is 0 Å². The minimum Gasteiger partial charge on any atom is -0.452 e. The monoisotopic (exact) mass is 526 g/mol. The Labute approximate surface area is 220 Å². The number of hydrogen-bond acceptors (Lipinski definition) is 7. The van der Waals surface area contributed by atoms with Gasteiger partial charge in [0, 0.05) is 38.3 Å². The molecule has 4 rings (SSSR count). The molecular formula is C27H31FN4O6. The first kappa shape index (κ1) is 26.9. The van der Waals surface area contributed by atoms with Crippen molar-refractivity contribution in [1.82, 2.24) is 4.90 Å². The van der Waals surface area contributed by atoms with Crippen molar-refractivity contribution in [3.8, 4) is 0 Å². The van der Waals surface area contributed by atoms with Crippen molar-refractivity contribution in [2.24, 2.45) is 0 Å². The normalized spacial score (nSPS) is 17.3. The van der Waals surface area contributed by atoms with E-state index < -0.39 is 24.5 Å². The van der Waals surface area contributed by atoms with Crippen molar-refractivity contribution in [3.05, 3.63) is 53.8 Å². The van der Waals surface area contributed by atoms with E-state index in [4.69, 9.17) is 9.47 Å². The molecule has 1 N–H and O–H groups in total. The van der Waals surface area contributed by atoms with Gasteiger partial charge in [0.05, 0.1) is 23.5 Å². The second-order valence-corrected chi connectivity index (χ2v) is 9.08. The number of carbonyl (C=O) groups excluding carboxylic acids is 4. The number of rotatable bonds is 8. The van der Waals surface area contributed by atoms with E-state index in [9.17, 15) is 23.6 Å². The molecule has 0 aliphatic carbocycles. The Balaban J connectivity index is 1.25. The molecule has 1 unspecified atom stereocenters. The smallest absolute Gasteiger partial charge is 0.414 e. The minimum atomic E-state index is -0.639. The predicted octanol–water partition coefficient (Wildman–Crippen LogP) is 3.42. The van der Waals surface area contributed by atoms with Crippen LogP contribution in [0.5, 0.6) is 0 Å². The largest absolute Gasteiger partial charge is 0.452 e. The summed E-state index contributed by atoms with van der Waals surface area (Å²) in [6, 6.07) is 10.9. The van der Waals surface area contributed by atoms with Crippen LogP contribution in [-0.2, 0) is 19.1 Å². The second kappa shape index (κ2) is 11.9. The highest BCUT2D eigenvalue weighted by molar-refractivity contribution is 5.94. The zero-order valence-corrected chi connectivity index (χ0v) is 21.4. The van der Waals surface area contributed by atoms with Gasteiger partial charge in [0.1, 0.15) is 11.9 Å². The molecule has 0 aromatic heterocycles. The van der Waals surface area contributed by atoms with E-state index in [0.29, 0.717) is 62.6 Å². The fraction of sp³-hybridized carbons (Fsp3) is 0.407. The molecule has 2 fully saturated rings. The van der Waals surface area contributed by atoms with Crippen molar-refractivity contribution in [2.45, 2.75) is 32.8 Å². The number of halogens is 1. The van der Waals surface area contributed by atoms with Gasteiger partial charge in [-0.25, -0.2) is 14.0 Å². The number of piperazine rings is 1. The molecule has 38 heavy (non-hydrogen) atoms. The number of amides is 3. The molecule has 1 atom stereocenters. The van der Waals surface area contributed by atoms with Crippen molar-refractivity contribution in [1.29, 1.82) is 0 Å². The maximum Gasteiger partial charge on any atom is 0.414 e. The number of cyclic esters (lactones) is 1. The summed E-state index contributed by atoms with van der Waals surface area (Å²) in [5, 5.41) is 2.69. The Morgan fingerprint density at radius 1 is 1.05 bits per heavy atom. The zero-order chi connectivity index (χ0) is 27.2. The molecular weight excluding hydrogens is 495 g/mol. The summed E-state index contributed by atoms with van der Waals surface area (Å²) in [5.41, 5.74) is 1.68. The van der Waals surface area contributed by atoms with Gasteiger partial charge < -0.3 is 24.6 Å². The van der Waals surface area contributed by atoms with Gasteiger partial charge in [-0.3, -0.25) is 14.5 Å². The second-order valence-electron chi connectivity index (χ2n) is 9.08. The van der Waals surface area contributed by atoms with E-state index in [0.717, 1.165) is 0 Å². The Morgan fingerprint density at radius 2 is 1.76 bits per heavy atom. The predicted molar refractivity (Wildman–Crippen MR) is 139 cm³/mol. The summed E-state index contributed by atoms with van der Waals surface area (Å²) in [4.78, 5) is 53.3. The van der Waals surface area contributed by atoms with Crippen LogP contribution in [0.3, 0.4) is 0 Å². The highest BCUT2D eigenvalue weighted by atomic mass is 19.1. The summed E-state index contributed by atoms with van der Waals surface area (Å²) in [7, 11) is 0. The van der Waals surface area contributed by atoms with Gasteiger partial charge >= 0.3 is 12.1 Å². The molecule has 11 heteroatoms. The summed E-state index contributed by atoms with van der Waals surface area (Å²) in [6.07, 6.45) is 0.361. The maximum absolute atomic E-state index is 14.9. The highest BCUT2D eigenvalue weighted by Crippen LogP contribution is 2.29. The minimum absolute atomic E-state index is 0.135. The maximum atomic E-state index is 14.9. The zero-order valence-electron chi connectivity index (χ0n) is 21.4. The molecule has 202 valence electrons. The first-order chi connectivity index (χ1) is 18.3. The number of nitrogens with one attached hydrogen (secondary N) is 1. The first-order valence-electron chi connectivity index (χ1n) is 12.7. The van der Waals surface area contributed by atoms with Gasteiger partial charge in [-0.2, -0.15) is 0 Å². The van der Waals surface area contributed by atoms with E-state index in [1.165, 1.54) is 23.1 Å². The van der Waals surface area contributed by atoms with Crippen LogP contribution < -0.4 is 15.1 Å². The lowest BCUT2D eigenvalue weighted by atomic mass is 10.2. The third-order valence-electron chi connectivity index (χ3n) is 6.60. The van der Waals surface area contributed by atoms with Crippen molar-refractivity contribution >= 4 is 40.9 Å². The lowest BCUT2D eigenvalue weighted by molar-refractivity contribution is -0.134. The molecule has 0 radical (unpaired) electrons.